The van der Waals surface area contributed by atoms with Crippen LogP contribution in [0.25, 0.3) is 0 Å². The van der Waals surface area contributed by atoms with E-state index in [9.17, 15) is 14.4 Å². The standard InChI is InChI=1S/C25H33N3O4/c1-3-5-6-7-8-18-32-22-16-12-20(13-17-22)25(31)28-27-24(30)19-10-14-21(15-11-19)26-23(29)9-4-2/h10-17H,3-9,18H2,1-2H3,(H,26,29)(H,27,30)(H,28,31). The second-order valence-electron chi connectivity index (χ2n) is 7.57. The quantitative estimate of drug-likeness (QED) is 0.325. The number of hydrogen-bond acceptors (Lipinski definition) is 4. The first-order chi connectivity index (χ1) is 15.5. The Morgan fingerprint density at radius 1 is 0.719 bits per heavy atom. The molecule has 0 aliphatic carbocycles. The highest BCUT2D eigenvalue weighted by molar-refractivity contribution is 5.99. The van der Waals surface area contributed by atoms with Crippen LogP contribution >= 0.6 is 0 Å². The smallest absolute Gasteiger partial charge is 0.269 e. The maximum Gasteiger partial charge on any atom is 0.269 e. The van der Waals surface area contributed by atoms with E-state index in [1.54, 1.807) is 48.5 Å². The third kappa shape index (κ3) is 8.79. The molecule has 2 aromatic carbocycles. The Hall–Kier alpha value is -3.35. The highest BCUT2D eigenvalue weighted by atomic mass is 16.5. The number of amides is 3. The van der Waals surface area contributed by atoms with Crippen LogP contribution in [0.2, 0.25) is 0 Å². The molecule has 0 aromatic heterocycles. The Labute approximate surface area is 189 Å². The van der Waals surface area contributed by atoms with Crippen molar-refractivity contribution in [3.05, 3.63) is 59.7 Å². The van der Waals surface area contributed by atoms with Crippen LogP contribution in [-0.2, 0) is 4.79 Å². The molecule has 0 fully saturated rings. The van der Waals surface area contributed by atoms with Crippen molar-refractivity contribution >= 4 is 23.4 Å². The van der Waals surface area contributed by atoms with Crippen LogP contribution in [0.5, 0.6) is 5.75 Å². The Balaban J connectivity index is 1.75. The fraction of sp³-hybridized carbons (Fsp3) is 0.400. The highest BCUT2D eigenvalue weighted by Crippen LogP contribution is 2.14. The fourth-order valence-electron chi connectivity index (χ4n) is 3.01. The van der Waals surface area contributed by atoms with Gasteiger partial charge in [-0.2, -0.15) is 0 Å². The number of hydrazine groups is 1. The number of carbonyl (C=O) groups is 3. The number of anilines is 1. The highest BCUT2D eigenvalue weighted by Gasteiger charge is 2.10. The Kier molecular flexibility index (Phi) is 10.8. The Bertz CT molecular complexity index is 864. The van der Waals surface area contributed by atoms with E-state index in [0.29, 0.717) is 35.6 Å². The molecule has 0 saturated carbocycles. The molecule has 3 amide bonds. The van der Waals surface area contributed by atoms with E-state index in [0.717, 1.165) is 19.3 Å². The van der Waals surface area contributed by atoms with Crippen molar-refractivity contribution in [2.45, 2.75) is 58.8 Å². The van der Waals surface area contributed by atoms with Gasteiger partial charge in [-0.25, -0.2) is 0 Å². The summed E-state index contributed by atoms with van der Waals surface area (Å²) in [6.07, 6.45) is 7.08. The van der Waals surface area contributed by atoms with Crippen molar-refractivity contribution in [2.75, 3.05) is 11.9 Å². The summed E-state index contributed by atoms with van der Waals surface area (Å²) in [6.45, 7) is 4.78. The van der Waals surface area contributed by atoms with Crippen LogP contribution in [0, 0.1) is 0 Å². The normalized spacial score (nSPS) is 10.3. The Morgan fingerprint density at radius 2 is 1.28 bits per heavy atom. The lowest BCUT2D eigenvalue weighted by atomic mass is 10.2. The summed E-state index contributed by atoms with van der Waals surface area (Å²) >= 11 is 0. The SMILES string of the molecule is CCCCCCCOc1ccc(C(=O)NNC(=O)c2ccc(NC(=O)CCC)cc2)cc1. The minimum Gasteiger partial charge on any atom is -0.494 e. The van der Waals surface area contributed by atoms with Crippen LogP contribution in [0.1, 0.15) is 79.5 Å². The molecule has 172 valence electrons. The summed E-state index contributed by atoms with van der Waals surface area (Å²) in [5, 5.41) is 2.76. The minimum absolute atomic E-state index is 0.0691. The summed E-state index contributed by atoms with van der Waals surface area (Å²) in [6, 6.07) is 13.3. The molecule has 0 saturated heterocycles. The monoisotopic (exact) mass is 439 g/mol. The maximum absolute atomic E-state index is 12.3. The van der Waals surface area contributed by atoms with Crippen LogP contribution < -0.4 is 20.9 Å². The molecule has 0 bridgehead atoms. The van der Waals surface area contributed by atoms with Gasteiger partial charge in [0.25, 0.3) is 11.8 Å². The number of rotatable bonds is 12. The van der Waals surface area contributed by atoms with E-state index >= 15 is 0 Å². The van der Waals surface area contributed by atoms with E-state index in [1.165, 1.54) is 19.3 Å². The van der Waals surface area contributed by atoms with Gasteiger partial charge in [-0.05, 0) is 61.4 Å². The molecule has 0 unspecified atom stereocenters. The third-order valence-corrected chi connectivity index (χ3v) is 4.83. The summed E-state index contributed by atoms with van der Waals surface area (Å²) in [4.78, 5) is 36.1. The molecule has 2 rings (SSSR count). The second kappa shape index (κ2) is 13.9. The molecule has 0 aliphatic heterocycles. The molecule has 0 aliphatic rings. The average Bonchev–Trinajstić information content (AvgIpc) is 2.80. The van der Waals surface area contributed by atoms with Gasteiger partial charge in [-0.1, -0.05) is 39.5 Å². The van der Waals surface area contributed by atoms with Crippen molar-refractivity contribution in [3.63, 3.8) is 0 Å². The van der Waals surface area contributed by atoms with Crippen LogP contribution in [-0.4, -0.2) is 24.3 Å². The zero-order valence-electron chi connectivity index (χ0n) is 18.9. The lowest BCUT2D eigenvalue weighted by Gasteiger charge is -2.10. The molecule has 2 aromatic rings. The maximum atomic E-state index is 12.3. The zero-order chi connectivity index (χ0) is 23.2. The van der Waals surface area contributed by atoms with Crippen molar-refractivity contribution < 1.29 is 19.1 Å². The van der Waals surface area contributed by atoms with Crippen LogP contribution in [0.15, 0.2) is 48.5 Å². The lowest BCUT2D eigenvalue weighted by molar-refractivity contribution is -0.116. The molecule has 0 radical (unpaired) electrons. The largest absolute Gasteiger partial charge is 0.494 e. The number of carbonyl (C=O) groups excluding carboxylic acids is 3. The number of ether oxygens (including phenoxy) is 1. The predicted octanol–water partition coefficient (Wildman–Crippen LogP) is 4.85. The van der Waals surface area contributed by atoms with Crippen LogP contribution in [0.4, 0.5) is 5.69 Å². The molecule has 7 nitrogen and oxygen atoms in total. The molecular weight excluding hydrogens is 406 g/mol. The summed E-state index contributed by atoms with van der Waals surface area (Å²) in [7, 11) is 0. The molecule has 0 spiro atoms. The van der Waals surface area contributed by atoms with Gasteiger partial charge in [0.05, 0.1) is 6.61 Å². The van der Waals surface area contributed by atoms with Gasteiger partial charge in [-0.3, -0.25) is 25.2 Å². The van der Waals surface area contributed by atoms with Gasteiger partial charge in [-0.15, -0.1) is 0 Å². The first-order valence-electron chi connectivity index (χ1n) is 11.3. The van der Waals surface area contributed by atoms with E-state index in [1.807, 2.05) is 6.92 Å². The van der Waals surface area contributed by atoms with E-state index in [-0.39, 0.29) is 5.91 Å². The first kappa shape index (κ1) is 24.9. The summed E-state index contributed by atoms with van der Waals surface area (Å²) in [5.41, 5.74) is 6.19. The molecule has 32 heavy (non-hydrogen) atoms. The topological polar surface area (TPSA) is 96.5 Å². The van der Waals surface area contributed by atoms with Gasteiger partial charge in [0.15, 0.2) is 0 Å². The van der Waals surface area contributed by atoms with Gasteiger partial charge in [0.2, 0.25) is 5.91 Å². The first-order valence-corrected chi connectivity index (χ1v) is 11.3. The van der Waals surface area contributed by atoms with Gasteiger partial charge >= 0.3 is 0 Å². The summed E-state index contributed by atoms with van der Waals surface area (Å²) < 4.78 is 5.70. The molecule has 7 heteroatoms. The van der Waals surface area contributed by atoms with Gasteiger partial charge in [0, 0.05) is 23.2 Å². The molecule has 0 heterocycles. The minimum atomic E-state index is -0.451. The van der Waals surface area contributed by atoms with E-state index < -0.39 is 11.8 Å². The number of unbranched alkanes of at least 4 members (excludes halogenated alkanes) is 4. The number of benzene rings is 2. The van der Waals surface area contributed by atoms with Gasteiger partial charge < -0.3 is 10.1 Å². The molecular formula is C25H33N3O4. The average molecular weight is 440 g/mol. The second-order valence-corrected chi connectivity index (χ2v) is 7.57. The number of nitrogens with one attached hydrogen (secondary N) is 3. The van der Waals surface area contributed by atoms with Gasteiger partial charge in [0.1, 0.15) is 5.75 Å². The Morgan fingerprint density at radius 3 is 1.84 bits per heavy atom. The summed E-state index contributed by atoms with van der Waals surface area (Å²) in [5.74, 6) is -0.228. The van der Waals surface area contributed by atoms with Crippen molar-refractivity contribution in [2.24, 2.45) is 0 Å². The van der Waals surface area contributed by atoms with E-state index in [2.05, 4.69) is 23.1 Å². The predicted molar refractivity (Wildman–Crippen MR) is 126 cm³/mol. The van der Waals surface area contributed by atoms with Crippen molar-refractivity contribution in [1.82, 2.24) is 10.9 Å². The number of hydrogen-bond donors (Lipinski definition) is 3. The molecule has 3 N–H and O–H groups in total. The van der Waals surface area contributed by atoms with E-state index in [4.69, 9.17) is 4.74 Å². The lowest BCUT2D eigenvalue weighted by Crippen LogP contribution is -2.41. The van der Waals surface area contributed by atoms with Crippen molar-refractivity contribution in [1.29, 1.82) is 0 Å². The van der Waals surface area contributed by atoms with Crippen molar-refractivity contribution in [3.8, 4) is 5.75 Å². The zero-order valence-corrected chi connectivity index (χ0v) is 18.9. The van der Waals surface area contributed by atoms with Crippen LogP contribution in [0.3, 0.4) is 0 Å². The third-order valence-electron chi connectivity index (χ3n) is 4.83. The fourth-order valence-corrected chi connectivity index (χ4v) is 3.01. The molecule has 0 atom stereocenters.